The molecule has 3 aliphatic rings. The van der Waals surface area contributed by atoms with E-state index < -0.39 is 5.79 Å². The molecule has 2 fully saturated rings. The van der Waals surface area contributed by atoms with Crippen LogP contribution in [0.15, 0.2) is 12.2 Å². The summed E-state index contributed by atoms with van der Waals surface area (Å²) >= 11 is 0. The summed E-state index contributed by atoms with van der Waals surface area (Å²) in [6.07, 6.45) is 5.32. The molecule has 0 unspecified atom stereocenters. The minimum Gasteiger partial charge on any atom is -0.349 e. The van der Waals surface area contributed by atoms with Crippen LogP contribution in [0.4, 0.5) is 0 Å². The molecule has 0 N–H and O–H groups in total. The molecule has 2 aliphatic carbocycles. The molecular formula is C13H18O3. The lowest BCUT2D eigenvalue weighted by atomic mass is 9.94. The second-order valence-electron chi connectivity index (χ2n) is 6.09. The highest BCUT2D eigenvalue weighted by Gasteiger charge is 2.53. The summed E-state index contributed by atoms with van der Waals surface area (Å²) in [7, 11) is 0. The quantitative estimate of drug-likeness (QED) is 0.628. The first-order valence-corrected chi connectivity index (χ1v) is 6.00. The summed E-state index contributed by atoms with van der Waals surface area (Å²) < 4.78 is 11.8. The standard InChI is InChI=1S/C13H18O3/c1-12(2)7-15-13(16-8-12)5-9-3-4-11(14)10(9)6-13/h3-4,9-10H,5-8H2,1-2H3/t9-,10+/m1/s1. The Morgan fingerprint density at radius 1 is 1.25 bits per heavy atom. The lowest BCUT2D eigenvalue weighted by molar-refractivity contribution is -0.296. The van der Waals surface area contributed by atoms with E-state index in [-0.39, 0.29) is 17.1 Å². The van der Waals surface area contributed by atoms with E-state index >= 15 is 0 Å². The maximum Gasteiger partial charge on any atom is 0.169 e. The van der Waals surface area contributed by atoms with E-state index in [1.54, 1.807) is 6.08 Å². The molecule has 0 amide bonds. The Hall–Kier alpha value is -0.670. The number of hydrogen-bond acceptors (Lipinski definition) is 3. The number of allylic oxidation sites excluding steroid dienone is 2. The van der Waals surface area contributed by atoms with Crippen molar-refractivity contribution < 1.29 is 14.3 Å². The van der Waals surface area contributed by atoms with Crippen molar-refractivity contribution in [3.8, 4) is 0 Å². The van der Waals surface area contributed by atoms with Crippen LogP contribution in [0, 0.1) is 17.3 Å². The first kappa shape index (κ1) is 10.5. The van der Waals surface area contributed by atoms with Crippen molar-refractivity contribution >= 4 is 5.78 Å². The number of carbonyl (C=O) groups excluding carboxylic acids is 1. The van der Waals surface area contributed by atoms with Gasteiger partial charge in [-0.05, 0) is 12.0 Å². The Kier molecular flexibility index (Phi) is 2.08. The van der Waals surface area contributed by atoms with E-state index in [1.165, 1.54) is 0 Å². The smallest absolute Gasteiger partial charge is 0.169 e. The Bertz CT molecular complexity index is 346. The second kappa shape index (κ2) is 3.17. The molecule has 0 aromatic rings. The van der Waals surface area contributed by atoms with Crippen LogP contribution in [0.5, 0.6) is 0 Å². The third-order valence-electron chi connectivity index (χ3n) is 3.92. The van der Waals surface area contributed by atoms with E-state index in [0.29, 0.717) is 5.92 Å². The molecule has 2 atom stereocenters. The Morgan fingerprint density at radius 2 is 1.94 bits per heavy atom. The zero-order chi connectivity index (χ0) is 11.4. The molecule has 3 rings (SSSR count). The van der Waals surface area contributed by atoms with Crippen LogP contribution in [0.2, 0.25) is 0 Å². The van der Waals surface area contributed by atoms with E-state index in [2.05, 4.69) is 13.8 Å². The van der Waals surface area contributed by atoms with Crippen LogP contribution >= 0.6 is 0 Å². The summed E-state index contributed by atoms with van der Waals surface area (Å²) in [5.74, 6) is 0.236. The normalized spacial score (nSPS) is 39.2. The minimum absolute atomic E-state index is 0.1000. The molecule has 1 heterocycles. The molecule has 3 heteroatoms. The molecule has 0 aromatic heterocycles. The van der Waals surface area contributed by atoms with Crippen molar-refractivity contribution in [2.24, 2.45) is 17.3 Å². The highest BCUT2D eigenvalue weighted by Crippen LogP contribution is 2.49. The molecule has 1 saturated heterocycles. The Labute approximate surface area is 95.8 Å². The van der Waals surface area contributed by atoms with Gasteiger partial charge in [0.05, 0.1) is 13.2 Å². The number of rotatable bonds is 0. The Balaban J connectivity index is 1.74. The SMILES string of the molecule is CC1(C)COC2(C[C@H]3C=CC(=O)[C@H]3C2)OC1. The van der Waals surface area contributed by atoms with Gasteiger partial charge in [-0.25, -0.2) is 0 Å². The molecule has 1 saturated carbocycles. The monoisotopic (exact) mass is 222 g/mol. The van der Waals surface area contributed by atoms with Gasteiger partial charge in [-0.2, -0.15) is 0 Å². The Morgan fingerprint density at radius 3 is 2.56 bits per heavy atom. The van der Waals surface area contributed by atoms with Crippen molar-refractivity contribution in [2.75, 3.05) is 13.2 Å². The van der Waals surface area contributed by atoms with Gasteiger partial charge in [0, 0.05) is 24.2 Å². The van der Waals surface area contributed by atoms with Crippen LogP contribution < -0.4 is 0 Å². The van der Waals surface area contributed by atoms with Gasteiger partial charge in [0.15, 0.2) is 11.6 Å². The number of ether oxygens (including phenoxy) is 2. The highest BCUT2D eigenvalue weighted by atomic mass is 16.7. The van der Waals surface area contributed by atoms with Gasteiger partial charge < -0.3 is 9.47 Å². The lowest BCUT2D eigenvalue weighted by Gasteiger charge is -2.41. The van der Waals surface area contributed by atoms with Crippen LogP contribution in [0.1, 0.15) is 26.7 Å². The van der Waals surface area contributed by atoms with Crippen LogP contribution in [-0.2, 0) is 14.3 Å². The molecule has 0 radical (unpaired) electrons. The van der Waals surface area contributed by atoms with Crippen molar-refractivity contribution in [2.45, 2.75) is 32.5 Å². The molecule has 16 heavy (non-hydrogen) atoms. The van der Waals surface area contributed by atoms with Crippen molar-refractivity contribution in [1.29, 1.82) is 0 Å². The molecular weight excluding hydrogens is 204 g/mol. The van der Waals surface area contributed by atoms with Gasteiger partial charge in [0.2, 0.25) is 0 Å². The first-order valence-electron chi connectivity index (χ1n) is 6.00. The zero-order valence-electron chi connectivity index (χ0n) is 9.86. The molecule has 88 valence electrons. The predicted molar refractivity (Wildman–Crippen MR) is 58.8 cm³/mol. The average Bonchev–Trinajstić information content (AvgIpc) is 2.73. The van der Waals surface area contributed by atoms with E-state index in [0.717, 1.165) is 26.1 Å². The molecule has 0 aromatic carbocycles. The maximum absolute atomic E-state index is 11.6. The predicted octanol–water partition coefficient (Wildman–Crippen LogP) is 1.92. The minimum atomic E-state index is -0.467. The average molecular weight is 222 g/mol. The van der Waals surface area contributed by atoms with E-state index in [4.69, 9.17) is 9.47 Å². The second-order valence-corrected chi connectivity index (χ2v) is 6.09. The number of ketones is 1. The zero-order valence-corrected chi connectivity index (χ0v) is 9.86. The van der Waals surface area contributed by atoms with Gasteiger partial charge in [-0.15, -0.1) is 0 Å². The molecule has 1 spiro atoms. The van der Waals surface area contributed by atoms with Gasteiger partial charge in [0.25, 0.3) is 0 Å². The maximum atomic E-state index is 11.6. The molecule has 1 aliphatic heterocycles. The van der Waals surface area contributed by atoms with Gasteiger partial charge in [0.1, 0.15) is 0 Å². The third kappa shape index (κ3) is 1.54. The topological polar surface area (TPSA) is 35.5 Å². The molecule has 3 nitrogen and oxygen atoms in total. The fraction of sp³-hybridized carbons (Fsp3) is 0.769. The lowest BCUT2D eigenvalue weighted by Crippen LogP contribution is -2.46. The third-order valence-corrected chi connectivity index (χ3v) is 3.92. The summed E-state index contributed by atoms with van der Waals surface area (Å²) in [4.78, 5) is 11.6. The summed E-state index contributed by atoms with van der Waals surface area (Å²) in [5.41, 5.74) is 0.1000. The number of fused-ring (bicyclic) bond motifs is 1. The number of hydrogen-bond donors (Lipinski definition) is 0. The van der Waals surface area contributed by atoms with Crippen molar-refractivity contribution in [1.82, 2.24) is 0 Å². The fourth-order valence-electron chi connectivity index (χ4n) is 2.90. The van der Waals surface area contributed by atoms with Crippen LogP contribution in [-0.4, -0.2) is 24.8 Å². The fourth-order valence-corrected chi connectivity index (χ4v) is 2.90. The van der Waals surface area contributed by atoms with Crippen molar-refractivity contribution in [3.63, 3.8) is 0 Å². The van der Waals surface area contributed by atoms with Gasteiger partial charge in [-0.3, -0.25) is 4.79 Å². The summed E-state index contributed by atoms with van der Waals surface area (Å²) in [6, 6.07) is 0. The number of carbonyl (C=O) groups is 1. The van der Waals surface area contributed by atoms with Gasteiger partial charge >= 0.3 is 0 Å². The van der Waals surface area contributed by atoms with Crippen LogP contribution in [0.3, 0.4) is 0 Å². The first-order chi connectivity index (χ1) is 7.50. The highest BCUT2D eigenvalue weighted by molar-refractivity contribution is 5.95. The summed E-state index contributed by atoms with van der Waals surface area (Å²) in [6.45, 7) is 5.73. The van der Waals surface area contributed by atoms with Gasteiger partial charge in [-0.1, -0.05) is 19.9 Å². The van der Waals surface area contributed by atoms with Crippen LogP contribution in [0.25, 0.3) is 0 Å². The largest absolute Gasteiger partial charge is 0.349 e. The van der Waals surface area contributed by atoms with E-state index in [9.17, 15) is 4.79 Å². The van der Waals surface area contributed by atoms with Crippen molar-refractivity contribution in [3.05, 3.63) is 12.2 Å². The van der Waals surface area contributed by atoms with E-state index in [1.807, 2.05) is 6.08 Å². The molecule has 0 bridgehead atoms. The summed E-state index contributed by atoms with van der Waals surface area (Å²) in [5, 5.41) is 0.